The highest BCUT2D eigenvalue weighted by molar-refractivity contribution is 5.86. The minimum absolute atomic E-state index is 0.0254. The van der Waals surface area contributed by atoms with Crippen LogP contribution >= 0.6 is 0 Å². The highest BCUT2D eigenvalue weighted by Gasteiger charge is 2.19. The van der Waals surface area contributed by atoms with E-state index >= 15 is 0 Å². The van der Waals surface area contributed by atoms with Gasteiger partial charge in [-0.05, 0) is 37.8 Å². The number of aromatic carboxylic acids is 2. The standard InChI is InChI=1S/2C16H24N2O3/c2*1-3-5-10-18(11-6-4-2)15(19)13-17-9-7-8-14(12-17)16(20)21/h2*7-9,12H,3-6,10-11,13H2,1-2H3/p+1. The minimum atomic E-state index is -1.23. The van der Waals surface area contributed by atoms with Crippen molar-refractivity contribution in [2.45, 2.75) is 92.2 Å². The van der Waals surface area contributed by atoms with E-state index in [1.165, 1.54) is 24.5 Å². The van der Waals surface area contributed by atoms with E-state index in [4.69, 9.17) is 5.11 Å². The van der Waals surface area contributed by atoms with Gasteiger partial charge < -0.3 is 24.8 Å². The maximum atomic E-state index is 12.4. The largest absolute Gasteiger partial charge is 0.545 e. The molecule has 2 amide bonds. The monoisotopic (exact) mass is 585 g/mol. The molecule has 232 valence electrons. The number of aromatic nitrogens is 2. The van der Waals surface area contributed by atoms with Gasteiger partial charge in [0.05, 0.1) is 11.5 Å². The molecule has 0 unspecified atom stereocenters. The Kier molecular flexibility index (Phi) is 18.1. The van der Waals surface area contributed by atoms with Crippen LogP contribution in [0.15, 0.2) is 49.1 Å². The molecule has 0 atom stereocenters. The highest BCUT2D eigenvalue weighted by Crippen LogP contribution is 2.02. The molecule has 2 heterocycles. The summed E-state index contributed by atoms with van der Waals surface area (Å²) in [4.78, 5) is 50.2. The molecule has 0 bridgehead atoms. The molecule has 0 saturated carbocycles. The zero-order valence-electron chi connectivity index (χ0n) is 25.8. The van der Waals surface area contributed by atoms with Crippen molar-refractivity contribution >= 4 is 23.8 Å². The van der Waals surface area contributed by atoms with Gasteiger partial charge in [-0.15, -0.1) is 0 Å². The van der Waals surface area contributed by atoms with Crippen LogP contribution < -0.4 is 14.2 Å². The third-order valence-corrected chi connectivity index (χ3v) is 6.67. The number of hydrogen-bond acceptors (Lipinski definition) is 5. The number of carbonyl (C=O) groups is 4. The third-order valence-electron chi connectivity index (χ3n) is 6.67. The van der Waals surface area contributed by atoms with Crippen molar-refractivity contribution in [2.75, 3.05) is 26.2 Å². The maximum absolute atomic E-state index is 12.4. The summed E-state index contributed by atoms with van der Waals surface area (Å²) in [7, 11) is 0. The van der Waals surface area contributed by atoms with Gasteiger partial charge in [0.2, 0.25) is 13.1 Å². The average molecular weight is 586 g/mol. The molecule has 0 spiro atoms. The number of nitrogens with zero attached hydrogens (tertiary/aromatic N) is 4. The van der Waals surface area contributed by atoms with E-state index in [-0.39, 0.29) is 36.0 Å². The predicted molar refractivity (Wildman–Crippen MR) is 157 cm³/mol. The first-order valence-electron chi connectivity index (χ1n) is 15.1. The van der Waals surface area contributed by atoms with Gasteiger partial charge in [-0.25, -0.2) is 4.79 Å². The van der Waals surface area contributed by atoms with Gasteiger partial charge in [0.1, 0.15) is 5.56 Å². The zero-order chi connectivity index (χ0) is 31.3. The van der Waals surface area contributed by atoms with Gasteiger partial charge in [0.15, 0.2) is 24.8 Å². The number of pyridine rings is 2. The smallest absolute Gasteiger partial charge is 0.341 e. The molecule has 0 radical (unpaired) electrons. The van der Waals surface area contributed by atoms with Crippen molar-refractivity contribution in [3.05, 3.63) is 60.2 Å². The fourth-order valence-corrected chi connectivity index (χ4v) is 4.12. The lowest BCUT2D eigenvalue weighted by Crippen LogP contribution is -2.45. The van der Waals surface area contributed by atoms with E-state index in [1.807, 2.05) is 9.80 Å². The van der Waals surface area contributed by atoms with E-state index in [0.717, 1.165) is 77.5 Å². The van der Waals surface area contributed by atoms with Crippen LogP contribution in [0.3, 0.4) is 0 Å². The predicted octanol–water partition coefficient (Wildman–Crippen LogP) is 2.87. The SMILES string of the molecule is CCCCN(CCCC)C(=O)C[n+]1cccc(C(=O)O)c1.CCCCN(CCCC)C(=O)C[n+]1cccc(C(=O)[O-])c1. The van der Waals surface area contributed by atoms with Crippen molar-refractivity contribution in [1.82, 2.24) is 9.80 Å². The molecule has 0 saturated heterocycles. The summed E-state index contributed by atoms with van der Waals surface area (Å²) in [6, 6.07) is 6.25. The lowest BCUT2D eigenvalue weighted by molar-refractivity contribution is -0.685. The lowest BCUT2D eigenvalue weighted by Gasteiger charge is -2.21. The Labute approximate surface area is 250 Å². The van der Waals surface area contributed by atoms with Crippen LogP contribution in [0.5, 0.6) is 0 Å². The first-order valence-corrected chi connectivity index (χ1v) is 15.1. The molecule has 0 aliphatic carbocycles. The van der Waals surface area contributed by atoms with Gasteiger partial charge in [-0.2, -0.15) is 9.13 Å². The van der Waals surface area contributed by atoms with E-state index in [2.05, 4.69) is 27.7 Å². The number of carboxylic acid groups (broad SMARTS) is 2. The first kappa shape index (κ1) is 36.2. The molecule has 2 aromatic heterocycles. The lowest BCUT2D eigenvalue weighted by atomic mass is 10.2. The van der Waals surface area contributed by atoms with Crippen LogP contribution in [0.4, 0.5) is 0 Å². The number of carbonyl (C=O) groups excluding carboxylic acids is 3. The van der Waals surface area contributed by atoms with Crippen LogP contribution in [-0.2, 0) is 22.7 Å². The summed E-state index contributed by atoms with van der Waals surface area (Å²) in [6.07, 6.45) is 14.5. The molecule has 0 fully saturated rings. The van der Waals surface area contributed by atoms with E-state index in [0.29, 0.717) is 0 Å². The summed E-state index contributed by atoms with van der Waals surface area (Å²) < 4.78 is 3.23. The molecular formula is C32H49N4O6+. The molecule has 2 aromatic rings. The first-order chi connectivity index (χ1) is 20.2. The Balaban J connectivity index is 0.000000420. The highest BCUT2D eigenvalue weighted by atomic mass is 16.4. The summed E-state index contributed by atoms with van der Waals surface area (Å²) in [5.74, 6) is -2.14. The Hall–Kier alpha value is -3.82. The summed E-state index contributed by atoms with van der Waals surface area (Å²) in [5.41, 5.74) is 0.276. The minimum Gasteiger partial charge on any atom is -0.545 e. The van der Waals surface area contributed by atoms with Gasteiger partial charge >= 0.3 is 5.97 Å². The van der Waals surface area contributed by atoms with Gasteiger partial charge in [-0.3, -0.25) is 9.59 Å². The van der Waals surface area contributed by atoms with Crippen LogP contribution in [-0.4, -0.2) is 64.8 Å². The van der Waals surface area contributed by atoms with Crippen molar-refractivity contribution in [2.24, 2.45) is 0 Å². The molecule has 10 heteroatoms. The summed E-state index contributed by atoms with van der Waals surface area (Å²) in [6.45, 7) is 11.8. The average Bonchev–Trinajstić information content (AvgIpc) is 2.97. The molecule has 1 N–H and O–H groups in total. The third kappa shape index (κ3) is 14.2. The van der Waals surface area contributed by atoms with Gasteiger partial charge in [0.25, 0.3) is 11.8 Å². The number of carboxylic acids is 2. The fourth-order valence-electron chi connectivity index (χ4n) is 4.12. The molecule has 10 nitrogen and oxygen atoms in total. The number of amides is 2. The van der Waals surface area contributed by atoms with Crippen LogP contribution in [0.25, 0.3) is 0 Å². The Morgan fingerprint density at radius 2 is 1.02 bits per heavy atom. The molecule has 0 aliphatic rings. The summed E-state index contributed by atoms with van der Waals surface area (Å²) in [5, 5.41) is 19.8. The van der Waals surface area contributed by atoms with E-state index < -0.39 is 11.9 Å². The molecular weight excluding hydrogens is 536 g/mol. The molecule has 0 aromatic carbocycles. The molecule has 42 heavy (non-hydrogen) atoms. The second kappa shape index (κ2) is 21.0. The second-order valence-electron chi connectivity index (χ2n) is 10.3. The van der Waals surface area contributed by atoms with Gasteiger partial charge in [0, 0.05) is 38.3 Å². The quantitative estimate of drug-likeness (QED) is 0.268. The Morgan fingerprint density at radius 1 is 0.667 bits per heavy atom. The van der Waals surface area contributed by atoms with Crippen molar-refractivity contribution in [3.63, 3.8) is 0 Å². The fraction of sp³-hybridized carbons (Fsp3) is 0.562. The number of rotatable bonds is 18. The zero-order valence-corrected chi connectivity index (χ0v) is 25.8. The van der Waals surface area contributed by atoms with E-state index in [1.54, 1.807) is 33.7 Å². The Bertz CT molecular complexity index is 1020. The van der Waals surface area contributed by atoms with Crippen LogP contribution in [0.2, 0.25) is 0 Å². The number of hydrogen-bond donors (Lipinski definition) is 1. The van der Waals surface area contributed by atoms with E-state index in [9.17, 15) is 24.3 Å². The molecule has 2 rings (SSSR count). The Morgan fingerprint density at radius 3 is 1.36 bits per heavy atom. The second-order valence-corrected chi connectivity index (χ2v) is 10.3. The van der Waals surface area contributed by atoms with Crippen molar-refractivity contribution in [3.8, 4) is 0 Å². The summed E-state index contributed by atoms with van der Waals surface area (Å²) >= 11 is 0. The van der Waals surface area contributed by atoms with Crippen LogP contribution in [0, 0.1) is 0 Å². The van der Waals surface area contributed by atoms with Crippen molar-refractivity contribution in [1.29, 1.82) is 0 Å². The van der Waals surface area contributed by atoms with Crippen molar-refractivity contribution < 1.29 is 38.5 Å². The molecule has 0 aliphatic heterocycles. The maximum Gasteiger partial charge on any atom is 0.341 e. The van der Waals surface area contributed by atoms with Crippen LogP contribution in [0.1, 0.15) is 99.8 Å². The normalized spacial score (nSPS) is 10.4. The number of unbranched alkanes of at least 4 members (excludes halogenated alkanes) is 4. The topological polar surface area (TPSA) is 126 Å². The van der Waals surface area contributed by atoms with Gasteiger partial charge in [-0.1, -0.05) is 53.4 Å².